The molecule has 7 heteroatoms. The third-order valence-electron chi connectivity index (χ3n) is 12.7. The van der Waals surface area contributed by atoms with Gasteiger partial charge in [0.2, 0.25) is 15.9 Å². The van der Waals surface area contributed by atoms with Crippen LogP contribution in [0.5, 0.6) is 0 Å². The van der Waals surface area contributed by atoms with Crippen LogP contribution in [0.1, 0.15) is 97.8 Å². The summed E-state index contributed by atoms with van der Waals surface area (Å²) < 4.78 is 24.9. The average molecular weight is 563 g/mol. The topological polar surface area (TPSA) is 77.9 Å². The number of sulfonamides is 1. The summed E-state index contributed by atoms with van der Waals surface area (Å²) >= 11 is 0. The summed E-state index contributed by atoms with van der Waals surface area (Å²) in [5.74, 6) is 4.26. The normalized spacial score (nSPS) is 40.0. The summed E-state index contributed by atoms with van der Waals surface area (Å²) in [6.45, 7) is 9.58. The van der Waals surface area contributed by atoms with Crippen molar-refractivity contribution in [3.63, 3.8) is 0 Å². The van der Waals surface area contributed by atoms with Gasteiger partial charge in [-0.1, -0.05) is 32.4 Å². The molecule has 0 aromatic rings. The second-order valence-electron chi connectivity index (χ2n) is 14.8. The van der Waals surface area contributed by atoms with Crippen molar-refractivity contribution < 1.29 is 18.3 Å². The summed E-state index contributed by atoms with van der Waals surface area (Å²) in [6, 6.07) is 0. The third kappa shape index (κ3) is 5.62. The highest BCUT2D eigenvalue weighted by Gasteiger charge is 2.59. The zero-order valence-corrected chi connectivity index (χ0v) is 26.0. The number of fused-ring (bicyclic) bond motifs is 5. The van der Waals surface area contributed by atoms with Crippen molar-refractivity contribution in [1.82, 2.24) is 9.21 Å². The summed E-state index contributed by atoms with van der Waals surface area (Å²) in [5.41, 5.74) is 2.25. The van der Waals surface area contributed by atoms with E-state index in [1.54, 1.807) is 12.6 Å². The number of carbonyl (C=O) groups excluding carboxylic acids is 1. The first kappa shape index (κ1) is 29.6. The molecule has 1 saturated heterocycles. The number of rotatable bonds is 7. The lowest BCUT2D eigenvalue weighted by molar-refractivity contribution is -0.133. The van der Waals surface area contributed by atoms with Crippen molar-refractivity contribution >= 4 is 15.9 Å². The minimum Gasteiger partial charge on any atom is -0.393 e. The van der Waals surface area contributed by atoms with Gasteiger partial charge in [0.25, 0.3) is 0 Å². The Morgan fingerprint density at radius 3 is 2.51 bits per heavy atom. The molecular weight excluding hydrogens is 508 g/mol. The van der Waals surface area contributed by atoms with Crippen LogP contribution < -0.4 is 0 Å². The lowest BCUT2D eigenvalue weighted by Crippen LogP contribution is -2.50. The fourth-order valence-electron chi connectivity index (χ4n) is 10.2. The molecule has 6 nitrogen and oxygen atoms in total. The van der Waals surface area contributed by atoms with E-state index in [0.717, 1.165) is 69.4 Å². The number of hydrogen-bond donors (Lipinski definition) is 1. The molecule has 1 unspecified atom stereocenters. The van der Waals surface area contributed by atoms with Crippen LogP contribution in [0.4, 0.5) is 0 Å². The van der Waals surface area contributed by atoms with Crippen LogP contribution in [-0.2, 0) is 14.8 Å². The lowest BCUT2D eigenvalue weighted by Gasteiger charge is -2.58. The molecular formula is C32H54N2O4S. The van der Waals surface area contributed by atoms with Gasteiger partial charge in [-0.3, -0.25) is 4.79 Å². The molecule has 4 fully saturated rings. The van der Waals surface area contributed by atoms with Crippen molar-refractivity contribution in [3.05, 3.63) is 11.6 Å². The minimum absolute atomic E-state index is 0.137. The molecule has 1 N–H and O–H groups in total. The summed E-state index contributed by atoms with van der Waals surface area (Å²) in [4.78, 5) is 15.2. The maximum Gasteiger partial charge on any atom is 0.222 e. The van der Waals surface area contributed by atoms with Crippen LogP contribution in [-0.4, -0.2) is 67.7 Å². The molecule has 1 amide bonds. The van der Waals surface area contributed by atoms with Gasteiger partial charge in [-0.2, -0.15) is 0 Å². The van der Waals surface area contributed by atoms with Gasteiger partial charge in [-0.05, 0) is 117 Å². The van der Waals surface area contributed by atoms with Crippen molar-refractivity contribution in [3.8, 4) is 0 Å². The maximum absolute atomic E-state index is 13.1. The van der Waals surface area contributed by atoms with Crippen molar-refractivity contribution in [2.24, 2.45) is 46.3 Å². The number of nitrogens with zero attached hydrogens (tertiary/aromatic N) is 2. The molecule has 8 atom stereocenters. The molecule has 39 heavy (non-hydrogen) atoms. The SMILES string of the molecule is CC(CCC(=O)N1CCC(CN(C)S(C)(=O)=O)CC1)[C@H]1CC[C@H]2[C@@H]3CC=C4C[C@@H](O)CC[C@]4(C)[C@H]3CC[C@]12C. The molecule has 1 heterocycles. The highest BCUT2D eigenvalue weighted by atomic mass is 32.2. The number of aliphatic hydroxyl groups excluding tert-OH is 1. The number of carbonyl (C=O) groups is 1. The van der Waals surface area contributed by atoms with Gasteiger partial charge in [0.05, 0.1) is 12.4 Å². The van der Waals surface area contributed by atoms with Crippen LogP contribution >= 0.6 is 0 Å². The predicted molar refractivity (Wildman–Crippen MR) is 156 cm³/mol. The molecule has 3 saturated carbocycles. The molecule has 0 aromatic carbocycles. The van der Waals surface area contributed by atoms with E-state index in [0.29, 0.717) is 41.5 Å². The Kier molecular flexibility index (Phi) is 8.38. The zero-order valence-electron chi connectivity index (χ0n) is 25.2. The first-order valence-corrected chi connectivity index (χ1v) is 17.7. The van der Waals surface area contributed by atoms with E-state index in [4.69, 9.17) is 0 Å². The highest BCUT2D eigenvalue weighted by Crippen LogP contribution is 2.67. The Balaban J connectivity index is 1.14. The highest BCUT2D eigenvalue weighted by molar-refractivity contribution is 7.88. The van der Waals surface area contributed by atoms with Crippen molar-refractivity contribution in [2.45, 2.75) is 104 Å². The fraction of sp³-hybridized carbons (Fsp3) is 0.906. The van der Waals surface area contributed by atoms with Gasteiger partial charge in [0.1, 0.15) is 0 Å². The van der Waals surface area contributed by atoms with Crippen LogP contribution in [0.25, 0.3) is 0 Å². The van der Waals surface area contributed by atoms with Crippen molar-refractivity contribution in [1.29, 1.82) is 0 Å². The molecule has 5 aliphatic rings. The Labute approximate surface area is 238 Å². The molecule has 5 rings (SSSR count). The molecule has 0 spiro atoms. The van der Waals surface area contributed by atoms with Crippen LogP contribution in [0, 0.1) is 46.3 Å². The lowest BCUT2D eigenvalue weighted by atomic mass is 9.47. The van der Waals surface area contributed by atoms with Gasteiger partial charge >= 0.3 is 0 Å². The Morgan fingerprint density at radius 1 is 1.10 bits per heavy atom. The van der Waals surface area contributed by atoms with Crippen molar-refractivity contribution in [2.75, 3.05) is 32.9 Å². The third-order valence-corrected chi connectivity index (χ3v) is 14.0. The van der Waals surface area contributed by atoms with Gasteiger partial charge < -0.3 is 10.0 Å². The smallest absolute Gasteiger partial charge is 0.222 e. The summed E-state index contributed by atoms with van der Waals surface area (Å²) in [7, 11) is -1.50. The summed E-state index contributed by atoms with van der Waals surface area (Å²) in [6.07, 6.45) is 16.6. The Hall–Kier alpha value is -0.920. The van der Waals surface area contributed by atoms with E-state index < -0.39 is 10.0 Å². The van der Waals surface area contributed by atoms with E-state index in [9.17, 15) is 18.3 Å². The van der Waals surface area contributed by atoms with Gasteiger partial charge in [0, 0.05) is 33.1 Å². The Bertz CT molecular complexity index is 1050. The standard InChI is InChI=1S/C32H54N2O4S/c1-22(6-11-30(36)34-18-14-23(15-19-34)21-33(4)39(5,37)38)27-9-10-28-26-8-7-24-20-25(35)12-16-31(24,2)29(26)13-17-32(27,28)3/h7,22-23,25-29,35H,6,8-21H2,1-5H3/t22?,25-,26-,27+,28-,29-,31-,32+/m0/s1. The van der Waals surface area contributed by atoms with Gasteiger partial charge in [0.15, 0.2) is 0 Å². The fourth-order valence-corrected chi connectivity index (χ4v) is 10.7. The first-order chi connectivity index (χ1) is 18.3. The number of likely N-dealkylation sites (tertiary alicyclic amines) is 1. The van der Waals surface area contributed by atoms with E-state index in [2.05, 4.69) is 26.8 Å². The first-order valence-electron chi connectivity index (χ1n) is 15.9. The zero-order chi connectivity index (χ0) is 28.2. The number of amides is 1. The largest absolute Gasteiger partial charge is 0.393 e. The van der Waals surface area contributed by atoms with E-state index in [1.807, 2.05) is 4.90 Å². The van der Waals surface area contributed by atoms with Gasteiger partial charge in [-0.15, -0.1) is 0 Å². The molecule has 0 aromatic heterocycles. The van der Waals surface area contributed by atoms with E-state index >= 15 is 0 Å². The average Bonchev–Trinajstić information content (AvgIpc) is 3.24. The molecule has 4 aliphatic carbocycles. The maximum atomic E-state index is 13.1. The predicted octanol–water partition coefficient (Wildman–Crippen LogP) is 5.47. The Morgan fingerprint density at radius 2 is 1.82 bits per heavy atom. The number of aliphatic hydroxyl groups is 1. The summed E-state index contributed by atoms with van der Waals surface area (Å²) in [5, 5.41) is 10.3. The van der Waals surface area contributed by atoms with Crippen LogP contribution in [0.2, 0.25) is 0 Å². The number of hydrogen-bond acceptors (Lipinski definition) is 4. The minimum atomic E-state index is -3.15. The molecule has 1 aliphatic heterocycles. The molecule has 0 bridgehead atoms. The van der Waals surface area contributed by atoms with Gasteiger partial charge in [-0.25, -0.2) is 12.7 Å². The second kappa shape index (κ2) is 11.1. The number of piperidine rings is 1. The molecule has 222 valence electrons. The van der Waals surface area contributed by atoms with E-state index in [1.165, 1.54) is 42.7 Å². The monoisotopic (exact) mass is 562 g/mol. The quantitative estimate of drug-likeness (QED) is 0.417. The number of allylic oxidation sites excluding steroid dienone is 1. The van der Waals surface area contributed by atoms with E-state index in [-0.39, 0.29) is 12.0 Å². The van der Waals surface area contributed by atoms with Crippen LogP contribution in [0.3, 0.4) is 0 Å². The molecule has 0 radical (unpaired) electrons. The van der Waals surface area contributed by atoms with Crippen LogP contribution in [0.15, 0.2) is 11.6 Å². The second-order valence-corrected chi connectivity index (χ2v) is 16.9.